The Hall–Kier alpha value is -0.870. The van der Waals surface area contributed by atoms with E-state index in [1.807, 2.05) is 0 Å². The average molecular weight is 277 g/mol. The maximum Gasteiger partial charge on any atom is 0.0762 e. The smallest absolute Gasteiger partial charge is 0.0762 e. The number of rotatable bonds is 5. The quantitative estimate of drug-likeness (QED) is 0.870. The minimum Gasteiger partial charge on any atom is -0.396 e. The molecule has 2 fully saturated rings. The standard InChI is InChI=1S/C16H27N3O/c20-12-13-5-4-8-16(13)17-11-14-9-10-19(18-14)15-6-2-1-3-7-15/h9-10,13,15-17,20H,1-8,11-12H2. The van der Waals surface area contributed by atoms with Gasteiger partial charge in [-0.2, -0.15) is 5.10 Å². The minimum atomic E-state index is 0.314. The molecule has 2 aliphatic rings. The third-order valence-corrected chi connectivity index (χ3v) is 5.05. The van der Waals surface area contributed by atoms with E-state index in [0.717, 1.165) is 18.7 Å². The van der Waals surface area contributed by atoms with Gasteiger partial charge in [0.05, 0.1) is 11.7 Å². The van der Waals surface area contributed by atoms with Crippen LogP contribution in [0.15, 0.2) is 12.3 Å². The van der Waals surface area contributed by atoms with E-state index in [1.165, 1.54) is 44.9 Å². The van der Waals surface area contributed by atoms with Crippen LogP contribution in [0.5, 0.6) is 0 Å². The molecule has 0 aromatic carbocycles. The van der Waals surface area contributed by atoms with E-state index in [1.54, 1.807) is 0 Å². The van der Waals surface area contributed by atoms with E-state index in [-0.39, 0.29) is 0 Å². The number of aliphatic hydroxyl groups excluding tert-OH is 1. The lowest BCUT2D eigenvalue weighted by molar-refractivity contribution is 0.204. The van der Waals surface area contributed by atoms with Crippen molar-refractivity contribution >= 4 is 0 Å². The van der Waals surface area contributed by atoms with Gasteiger partial charge in [-0.15, -0.1) is 0 Å². The molecule has 0 radical (unpaired) electrons. The van der Waals surface area contributed by atoms with Gasteiger partial charge < -0.3 is 10.4 Å². The number of aliphatic hydroxyl groups is 1. The molecule has 0 bridgehead atoms. The van der Waals surface area contributed by atoms with E-state index in [9.17, 15) is 5.11 Å². The summed E-state index contributed by atoms with van der Waals surface area (Å²) in [5, 5.41) is 17.7. The summed E-state index contributed by atoms with van der Waals surface area (Å²) in [7, 11) is 0. The minimum absolute atomic E-state index is 0.314. The van der Waals surface area contributed by atoms with Crippen molar-refractivity contribution in [1.29, 1.82) is 0 Å². The molecule has 112 valence electrons. The van der Waals surface area contributed by atoms with Crippen molar-refractivity contribution in [2.45, 2.75) is 70.0 Å². The molecule has 20 heavy (non-hydrogen) atoms. The fourth-order valence-corrected chi connectivity index (χ4v) is 3.78. The summed E-state index contributed by atoms with van der Waals surface area (Å²) in [6.07, 6.45) is 12.4. The van der Waals surface area contributed by atoms with E-state index in [4.69, 9.17) is 5.10 Å². The number of hydrogen-bond donors (Lipinski definition) is 2. The highest BCUT2D eigenvalue weighted by atomic mass is 16.3. The topological polar surface area (TPSA) is 50.1 Å². The maximum absolute atomic E-state index is 9.35. The van der Waals surface area contributed by atoms with Crippen molar-refractivity contribution < 1.29 is 5.11 Å². The van der Waals surface area contributed by atoms with Crippen LogP contribution in [0.2, 0.25) is 0 Å². The molecule has 2 aliphatic carbocycles. The molecule has 3 rings (SSSR count). The molecule has 2 unspecified atom stereocenters. The van der Waals surface area contributed by atoms with Crippen molar-refractivity contribution in [3.05, 3.63) is 18.0 Å². The predicted molar refractivity (Wildman–Crippen MR) is 79.4 cm³/mol. The fraction of sp³-hybridized carbons (Fsp3) is 0.812. The van der Waals surface area contributed by atoms with Crippen LogP contribution < -0.4 is 5.32 Å². The first-order valence-electron chi connectivity index (χ1n) is 8.25. The Balaban J connectivity index is 1.52. The Morgan fingerprint density at radius 2 is 2.00 bits per heavy atom. The summed E-state index contributed by atoms with van der Waals surface area (Å²) >= 11 is 0. The Morgan fingerprint density at radius 3 is 2.80 bits per heavy atom. The molecule has 1 aromatic heterocycles. The second kappa shape index (κ2) is 6.72. The summed E-state index contributed by atoms with van der Waals surface area (Å²) in [5.74, 6) is 0.440. The van der Waals surface area contributed by atoms with Gasteiger partial charge in [0.2, 0.25) is 0 Å². The highest BCUT2D eigenvalue weighted by Crippen LogP contribution is 2.28. The Kier molecular flexibility index (Phi) is 4.73. The predicted octanol–water partition coefficient (Wildman–Crippen LogP) is 2.64. The molecule has 1 heterocycles. The van der Waals surface area contributed by atoms with Crippen LogP contribution in [0.3, 0.4) is 0 Å². The average Bonchev–Trinajstić information content (AvgIpc) is 3.15. The third kappa shape index (κ3) is 3.23. The maximum atomic E-state index is 9.35. The van der Waals surface area contributed by atoms with E-state index >= 15 is 0 Å². The summed E-state index contributed by atoms with van der Waals surface area (Å²) in [4.78, 5) is 0. The summed E-state index contributed by atoms with van der Waals surface area (Å²) in [5.41, 5.74) is 1.14. The lowest BCUT2D eigenvalue weighted by Crippen LogP contribution is -2.33. The third-order valence-electron chi connectivity index (χ3n) is 5.05. The van der Waals surface area contributed by atoms with Crippen LogP contribution in [0.4, 0.5) is 0 Å². The van der Waals surface area contributed by atoms with Crippen molar-refractivity contribution in [2.24, 2.45) is 5.92 Å². The van der Waals surface area contributed by atoms with Crippen LogP contribution >= 0.6 is 0 Å². The summed E-state index contributed by atoms with van der Waals surface area (Å²) in [6, 6.07) is 3.24. The largest absolute Gasteiger partial charge is 0.396 e. The second-order valence-corrected chi connectivity index (χ2v) is 6.44. The van der Waals surface area contributed by atoms with Gasteiger partial charge >= 0.3 is 0 Å². The van der Waals surface area contributed by atoms with Crippen LogP contribution in [-0.4, -0.2) is 27.5 Å². The van der Waals surface area contributed by atoms with Gasteiger partial charge in [-0.3, -0.25) is 4.68 Å². The number of nitrogens with one attached hydrogen (secondary N) is 1. The first-order chi connectivity index (χ1) is 9.86. The second-order valence-electron chi connectivity index (χ2n) is 6.44. The molecule has 1 aromatic rings. The van der Waals surface area contributed by atoms with Crippen LogP contribution in [-0.2, 0) is 6.54 Å². The van der Waals surface area contributed by atoms with Crippen molar-refractivity contribution in [1.82, 2.24) is 15.1 Å². The lowest BCUT2D eigenvalue weighted by Gasteiger charge is -2.22. The molecular weight excluding hydrogens is 250 g/mol. The SMILES string of the molecule is OCC1CCCC1NCc1ccn(C2CCCCC2)n1. The van der Waals surface area contributed by atoms with Gasteiger partial charge in [0.15, 0.2) is 0 Å². The molecule has 0 amide bonds. The molecule has 4 heteroatoms. The highest BCUT2D eigenvalue weighted by molar-refractivity contribution is 5.00. The Bertz CT molecular complexity index is 412. The van der Waals surface area contributed by atoms with Gasteiger partial charge in [-0.1, -0.05) is 25.7 Å². The van der Waals surface area contributed by atoms with E-state index < -0.39 is 0 Å². The van der Waals surface area contributed by atoms with Gasteiger partial charge in [0.1, 0.15) is 0 Å². The molecule has 0 saturated heterocycles. The number of aromatic nitrogens is 2. The first-order valence-corrected chi connectivity index (χ1v) is 8.25. The fourth-order valence-electron chi connectivity index (χ4n) is 3.78. The molecule has 0 aliphatic heterocycles. The molecule has 2 atom stereocenters. The van der Waals surface area contributed by atoms with Gasteiger partial charge in [-0.05, 0) is 37.7 Å². The molecule has 0 spiro atoms. The van der Waals surface area contributed by atoms with Crippen molar-refractivity contribution in [3.63, 3.8) is 0 Å². The molecular formula is C16H27N3O. The summed E-state index contributed by atoms with van der Waals surface area (Å²) in [6.45, 7) is 1.15. The number of hydrogen-bond acceptors (Lipinski definition) is 3. The normalized spacial score (nSPS) is 28.1. The van der Waals surface area contributed by atoms with Crippen LogP contribution in [0.1, 0.15) is 63.1 Å². The monoisotopic (exact) mass is 277 g/mol. The zero-order chi connectivity index (χ0) is 13.8. The van der Waals surface area contributed by atoms with Crippen molar-refractivity contribution in [3.8, 4) is 0 Å². The lowest BCUT2D eigenvalue weighted by atomic mass is 9.96. The first kappa shape index (κ1) is 14.1. The van der Waals surface area contributed by atoms with Crippen LogP contribution in [0, 0.1) is 5.92 Å². The summed E-state index contributed by atoms with van der Waals surface area (Å²) < 4.78 is 2.17. The van der Waals surface area contributed by atoms with Gasteiger partial charge in [0.25, 0.3) is 0 Å². The zero-order valence-electron chi connectivity index (χ0n) is 12.3. The van der Waals surface area contributed by atoms with Gasteiger partial charge in [0, 0.05) is 25.4 Å². The Labute approximate surface area is 121 Å². The highest BCUT2D eigenvalue weighted by Gasteiger charge is 2.26. The molecule has 2 N–H and O–H groups in total. The Morgan fingerprint density at radius 1 is 1.15 bits per heavy atom. The van der Waals surface area contributed by atoms with Gasteiger partial charge in [-0.25, -0.2) is 0 Å². The molecule has 2 saturated carbocycles. The zero-order valence-corrected chi connectivity index (χ0v) is 12.3. The molecule has 4 nitrogen and oxygen atoms in total. The van der Waals surface area contributed by atoms with E-state index in [0.29, 0.717) is 24.6 Å². The van der Waals surface area contributed by atoms with E-state index in [2.05, 4.69) is 22.3 Å². The van der Waals surface area contributed by atoms with Crippen LogP contribution in [0.25, 0.3) is 0 Å². The van der Waals surface area contributed by atoms with Crippen molar-refractivity contribution in [2.75, 3.05) is 6.61 Å². The number of nitrogens with zero attached hydrogens (tertiary/aromatic N) is 2.